The number of rotatable bonds is 7. The van der Waals surface area contributed by atoms with Crippen LogP contribution >= 0.6 is 11.3 Å². The molecule has 0 aromatic carbocycles. The Kier molecular flexibility index (Phi) is 4.94. The largest absolute Gasteiger partial charge is 0.445 e. The Morgan fingerprint density at radius 2 is 2.38 bits per heavy atom. The standard InChI is InChI=1S/C11H14N4O4S2/c1-2-5-19-11(16)14-21(17,18)13-4-3-9-7-20-10-6-12-8-15(9)10/h2,6-8,13H,1,3-5H2,(H,14,16). The van der Waals surface area contributed by atoms with Gasteiger partial charge in [0.2, 0.25) is 0 Å². The van der Waals surface area contributed by atoms with E-state index in [0.717, 1.165) is 10.5 Å². The molecule has 2 aromatic rings. The first-order valence-corrected chi connectivity index (χ1v) is 8.31. The van der Waals surface area contributed by atoms with E-state index in [1.54, 1.807) is 17.2 Å². The fraction of sp³-hybridized carbons (Fsp3) is 0.273. The van der Waals surface area contributed by atoms with Crippen LogP contribution in [0.15, 0.2) is 30.6 Å². The van der Waals surface area contributed by atoms with Gasteiger partial charge in [-0.1, -0.05) is 12.7 Å². The zero-order chi connectivity index (χ0) is 15.3. The molecule has 2 heterocycles. The molecule has 21 heavy (non-hydrogen) atoms. The second-order valence-electron chi connectivity index (χ2n) is 3.97. The zero-order valence-electron chi connectivity index (χ0n) is 11.0. The first-order valence-electron chi connectivity index (χ1n) is 5.95. The van der Waals surface area contributed by atoms with Gasteiger partial charge in [0.05, 0.1) is 6.20 Å². The average Bonchev–Trinajstić information content (AvgIpc) is 3.00. The lowest BCUT2D eigenvalue weighted by Crippen LogP contribution is -2.41. The summed E-state index contributed by atoms with van der Waals surface area (Å²) in [4.78, 5) is 16.1. The van der Waals surface area contributed by atoms with Gasteiger partial charge in [0.25, 0.3) is 0 Å². The summed E-state index contributed by atoms with van der Waals surface area (Å²) in [5, 5.41) is 1.93. The van der Waals surface area contributed by atoms with Gasteiger partial charge >= 0.3 is 16.3 Å². The number of fused-ring (bicyclic) bond motifs is 1. The van der Waals surface area contributed by atoms with E-state index < -0.39 is 16.3 Å². The van der Waals surface area contributed by atoms with Crippen LogP contribution in [0, 0.1) is 0 Å². The van der Waals surface area contributed by atoms with Crippen LogP contribution in [-0.4, -0.2) is 37.0 Å². The van der Waals surface area contributed by atoms with E-state index in [9.17, 15) is 13.2 Å². The fourth-order valence-corrected chi connectivity index (χ4v) is 3.18. The summed E-state index contributed by atoms with van der Waals surface area (Å²) >= 11 is 1.52. The number of imidazole rings is 1. The highest BCUT2D eigenvalue weighted by Crippen LogP contribution is 2.15. The summed E-state index contributed by atoms with van der Waals surface area (Å²) in [6.45, 7) is 3.44. The molecule has 114 valence electrons. The number of carbonyl (C=O) groups excluding carboxylic acids is 1. The molecule has 0 spiro atoms. The topological polar surface area (TPSA) is 102 Å². The van der Waals surface area contributed by atoms with Crippen molar-refractivity contribution in [2.75, 3.05) is 13.2 Å². The second kappa shape index (κ2) is 6.70. The highest BCUT2D eigenvalue weighted by atomic mass is 32.2. The quantitative estimate of drug-likeness (QED) is 0.727. The van der Waals surface area contributed by atoms with Gasteiger partial charge in [-0.2, -0.15) is 13.1 Å². The minimum absolute atomic E-state index is 0.0606. The SMILES string of the molecule is C=CCOC(=O)NS(=O)(=O)NCCc1csc2cncn12. The lowest BCUT2D eigenvalue weighted by Gasteiger charge is -2.07. The van der Waals surface area contributed by atoms with Crippen LogP contribution in [0.25, 0.3) is 4.83 Å². The number of aromatic nitrogens is 2. The second-order valence-corrected chi connectivity index (χ2v) is 6.36. The molecular formula is C11H14N4O4S2. The molecule has 0 aliphatic rings. The molecule has 0 aliphatic carbocycles. The van der Waals surface area contributed by atoms with E-state index >= 15 is 0 Å². The zero-order valence-corrected chi connectivity index (χ0v) is 12.6. The van der Waals surface area contributed by atoms with Crippen molar-refractivity contribution in [3.05, 3.63) is 36.3 Å². The number of hydrogen-bond donors (Lipinski definition) is 2. The van der Waals surface area contributed by atoms with Crippen LogP contribution in [0.3, 0.4) is 0 Å². The molecule has 10 heteroatoms. The van der Waals surface area contributed by atoms with Gasteiger partial charge in [-0.3, -0.25) is 4.40 Å². The van der Waals surface area contributed by atoms with Crippen molar-refractivity contribution in [1.82, 2.24) is 18.8 Å². The summed E-state index contributed by atoms with van der Waals surface area (Å²) in [5.41, 5.74) is 0.935. The lowest BCUT2D eigenvalue weighted by atomic mass is 10.3. The number of hydrogen-bond acceptors (Lipinski definition) is 6. The predicted octanol–water partition coefficient (Wildman–Crippen LogP) is 0.685. The molecule has 0 aliphatic heterocycles. The third-order valence-corrected chi connectivity index (χ3v) is 4.41. The Bertz CT molecular complexity index is 734. The van der Waals surface area contributed by atoms with Crippen molar-refractivity contribution in [1.29, 1.82) is 0 Å². The third-order valence-electron chi connectivity index (χ3n) is 2.45. The number of carbonyl (C=O) groups is 1. The minimum atomic E-state index is -3.93. The molecule has 0 bridgehead atoms. The lowest BCUT2D eigenvalue weighted by molar-refractivity contribution is 0.165. The summed E-state index contributed by atoms with van der Waals surface area (Å²) in [5.74, 6) is 0. The highest BCUT2D eigenvalue weighted by Gasteiger charge is 2.14. The molecule has 2 N–H and O–H groups in total. The normalized spacial score (nSPS) is 11.4. The van der Waals surface area contributed by atoms with E-state index in [4.69, 9.17) is 0 Å². The minimum Gasteiger partial charge on any atom is -0.445 e. The maximum Gasteiger partial charge on any atom is 0.422 e. The number of thiazole rings is 1. The maximum absolute atomic E-state index is 11.6. The molecule has 0 saturated carbocycles. The van der Waals surface area contributed by atoms with Crippen LogP contribution in [0.2, 0.25) is 0 Å². The van der Waals surface area contributed by atoms with E-state index in [-0.39, 0.29) is 13.2 Å². The van der Waals surface area contributed by atoms with E-state index in [1.165, 1.54) is 17.4 Å². The van der Waals surface area contributed by atoms with Crippen molar-refractivity contribution >= 4 is 32.5 Å². The fourth-order valence-electron chi connectivity index (χ4n) is 1.57. The van der Waals surface area contributed by atoms with Crippen LogP contribution < -0.4 is 9.44 Å². The monoisotopic (exact) mass is 330 g/mol. The van der Waals surface area contributed by atoms with Gasteiger partial charge < -0.3 is 4.74 Å². The summed E-state index contributed by atoms with van der Waals surface area (Å²) < 4.78 is 33.6. The molecule has 8 nitrogen and oxygen atoms in total. The number of amides is 1. The van der Waals surface area contributed by atoms with E-state index in [1.807, 2.05) is 9.78 Å². The molecule has 2 rings (SSSR count). The van der Waals surface area contributed by atoms with Gasteiger partial charge in [-0.15, -0.1) is 11.3 Å². The summed E-state index contributed by atoms with van der Waals surface area (Å²) in [6.07, 6.45) is 4.16. The van der Waals surface area contributed by atoms with Crippen molar-refractivity contribution in [3.8, 4) is 0 Å². The number of nitrogens with zero attached hydrogens (tertiary/aromatic N) is 2. The summed E-state index contributed by atoms with van der Waals surface area (Å²) in [7, 11) is -3.93. The predicted molar refractivity (Wildman–Crippen MR) is 78.4 cm³/mol. The van der Waals surface area contributed by atoms with Gasteiger partial charge in [0.15, 0.2) is 0 Å². The summed E-state index contributed by atoms with van der Waals surface area (Å²) in [6, 6.07) is 0. The third kappa shape index (κ3) is 4.28. The van der Waals surface area contributed by atoms with Crippen molar-refractivity contribution in [2.24, 2.45) is 0 Å². The van der Waals surface area contributed by atoms with E-state index in [0.29, 0.717) is 6.42 Å². The van der Waals surface area contributed by atoms with Crippen LogP contribution in [-0.2, 0) is 21.4 Å². The molecular weight excluding hydrogens is 316 g/mol. The van der Waals surface area contributed by atoms with Gasteiger partial charge in [0, 0.05) is 24.0 Å². The van der Waals surface area contributed by atoms with Crippen LogP contribution in [0.4, 0.5) is 4.79 Å². The first-order chi connectivity index (χ1) is 10.0. The number of nitrogens with one attached hydrogen (secondary N) is 2. The molecule has 0 saturated heterocycles. The average molecular weight is 330 g/mol. The van der Waals surface area contributed by atoms with Gasteiger partial charge in [-0.05, 0) is 0 Å². The van der Waals surface area contributed by atoms with Crippen molar-refractivity contribution < 1.29 is 17.9 Å². The van der Waals surface area contributed by atoms with Gasteiger partial charge in [0.1, 0.15) is 17.8 Å². The molecule has 1 amide bonds. The molecule has 0 fully saturated rings. The van der Waals surface area contributed by atoms with Crippen molar-refractivity contribution in [2.45, 2.75) is 6.42 Å². The molecule has 0 unspecified atom stereocenters. The van der Waals surface area contributed by atoms with Crippen LogP contribution in [0.1, 0.15) is 5.69 Å². The maximum atomic E-state index is 11.6. The Hall–Kier alpha value is -1.91. The smallest absolute Gasteiger partial charge is 0.422 e. The first kappa shape index (κ1) is 15.5. The molecule has 0 radical (unpaired) electrons. The molecule has 0 atom stereocenters. The van der Waals surface area contributed by atoms with Crippen molar-refractivity contribution in [3.63, 3.8) is 0 Å². The Labute approximate surface area is 125 Å². The Morgan fingerprint density at radius 1 is 1.57 bits per heavy atom. The number of ether oxygens (including phenoxy) is 1. The highest BCUT2D eigenvalue weighted by molar-refractivity contribution is 7.88. The Balaban J connectivity index is 1.83. The van der Waals surface area contributed by atoms with Gasteiger partial charge in [-0.25, -0.2) is 14.5 Å². The molecule has 2 aromatic heterocycles. The van der Waals surface area contributed by atoms with E-state index in [2.05, 4.69) is 21.0 Å². The Morgan fingerprint density at radius 3 is 3.14 bits per heavy atom. The van der Waals surface area contributed by atoms with Crippen LogP contribution in [0.5, 0.6) is 0 Å².